The summed E-state index contributed by atoms with van der Waals surface area (Å²) in [6.45, 7) is 2.28. The summed E-state index contributed by atoms with van der Waals surface area (Å²) >= 11 is 0. The number of piperazine rings is 1. The van der Waals surface area contributed by atoms with Gasteiger partial charge < -0.3 is 26.2 Å². The molecular formula is C13H17N5O2. The molecule has 2 aliphatic rings. The first-order valence-electron chi connectivity index (χ1n) is 6.59. The summed E-state index contributed by atoms with van der Waals surface area (Å²) in [7, 11) is 0. The lowest BCUT2D eigenvalue weighted by atomic mass is 10.2. The van der Waals surface area contributed by atoms with E-state index >= 15 is 0 Å². The standard InChI is InChI=1S/C13H17N5O2/c14-9-1-3-10(4-2-9)16-13(20)17-5-6-18-11(8-17)7-15-12(18)19/h1-4,11H,5-8,14H2,(H,15,19)(H,16,20). The Balaban J connectivity index is 1.61. The van der Waals surface area contributed by atoms with E-state index in [9.17, 15) is 9.59 Å². The van der Waals surface area contributed by atoms with Crippen LogP contribution in [0.25, 0.3) is 0 Å². The van der Waals surface area contributed by atoms with Crippen molar-refractivity contribution in [2.24, 2.45) is 0 Å². The Morgan fingerprint density at radius 3 is 2.80 bits per heavy atom. The summed E-state index contributed by atoms with van der Waals surface area (Å²) in [6, 6.07) is 6.92. The van der Waals surface area contributed by atoms with Crippen LogP contribution in [0.15, 0.2) is 24.3 Å². The van der Waals surface area contributed by atoms with Gasteiger partial charge in [0.1, 0.15) is 0 Å². The van der Waals surface area contributed by atoms with E-state index in [0.717, 1.165) is 0 Å². The molecule has 0 aromatic heterocycles. The number of anilines is 2. The van der Waals surface area contributed by atoms with Gasteiger partial charge >= 0.3 is 12.1 Å². The van der Waals surface area contributed by atoms with Crippen LogP contribution in [0.2, 0.25) is 0 Å². The quantitative estimate of drug-likeness (QED) is 0.652. The number of rotatable bonds is 1. The van der Waals surface area contributed by atoms with Gasteiger partial charge in [-0.15, -0.1) is 0 Å². The Kier molecular flexibility index (Phi) is 3.09. The number of hydrogen-bond donors (Lipinski definition) is 3. The molecule has 3 rings (SSSR count). The second-order valence-electron chi connectivity index (χ2n) is 5.03. The van der Waals surface area contributed by atoms with Crippen molar-refractivity contribution in [2.45, 2.75) is 6.04 Å². The number of hydrogen-bond acceptors (Lipinski definition) is 3. The molecule has 7 heteroatoms. The maximum atomic E-state index is 12.2. The second kappa shape index (κ2) is 4.92. The first-order valence-corrected chi connectivity index (χ1v) is 6.59. The molecule has 7 nitrogen and oxygen atoms in total. The van der Waals surface area contributed by atoms with Crippen LogP contribution in [0, 0.1) is 0 Å². The van der Waals surface area contributed by atoms with Gasteiger partial charge in [-0.3, -0.25) is 0 Å². The van der Waals surface area contributed by atoms with Crippen molar-refractivity contribution < 1.29 is 9.59 Å². The van der Waals surface area contributed by atoms with Gasteiger partial charge in [-0.25, -0.2) is 9.59 Å². The third-order valence-electron chi connectivity index (χ3n) is 3.68. The lowest BCUT2D eigenvalue weighted by Gasteiger charge is -2.36. The Bertz CT molecular complexity index is 530. The maximum Gasteiger partial charge on any atom is 0.321 e. The van der Waals surface area contributed by atoms with Crippen LogP contribution < -0.4 is 16.4 Å². The summed E-state index contributed by atoms with van der Waals surface area (Å²) in [5.41, 5.74) is 6.98. The molecule has 1 unspecified atom stereocenters. The van der Waals surface area contributed by atoms with Crippen molar-refractivity contribution in [1.29, 1.82) is 0 Å². The highest BCUT2D eigenvalue weighted by molar-refractivity contribution is 5.90. The molecule has 0 bridgehead atoms. The van der Waals surface area contributed by atoms with E-state index in [-0.39, 0.29) is 18.1 Å². The molecule has 0 aliphatic carbocycles. The van der Waals surface area contributed by atoms with Gasteiger partial charge in [0.2, 0.25) is 0 Å². The average molecular weight is 275 g/mol. The SMILES string of the molecule is Nc1ccc(NC(=O)N2CCN3C(=O)NCC3C2)cc1. The van der Waals surface area contributed by atoms with Gasteiger partial charge in [-0.1, -0.05) is 0 Å². The largest absolute Gasteiger partial charge is 0.399 e. The number of urea groups is 2. The van der Waals surface area contributed by atoms with E-state index in [4.69, 9.17) is 5.73 Å². The normalized spacial score (nSPS) is 21.4. The van der Waals surface area contributed by atoms with Crippen LogP contribution in [-0.2, 0) is 0 Å². The number of amides is 4. The Morgan fingerprint density at radius 1 is 1.30 bits per heavy atom. The van der Waals surface area contributed by atoms with Crippen LogP contribution in [0.5, 0.6) is 0 Å². The zero-order valence-electron chi connectivity index (χ0n) is 11.0. The van der Waals surface area contributed by atoms with Gasteiger partial charge in [-0.05, 0) is 24.3 Å². The molecule has 0 radical (unpaired) electrons. The fourth-order valence-electron chi connectivity index (χ4n) is 2.56. The molecule has 2 heterocycles. The van der Waals surface area contributed by atoms with E-state index in [1.165, 1.54) is 0 Å². The van der Waals surface area contributed by atoms with E-state index in [2.05, 4.69) is 10.6 Å². The van der Waals surface area contributed by atoms with E-state index in [1.54, 1.807) is 34.1 Å². The maximum absolute atomic E-state index is 12.2. The van der Waals surface area contributed by atoms with E-state index in [1.807, 2.05) is 0 Å². The monoisotopic (exact) mass is 275 g/mol. The zero-order valence-corrected chi connectivity index (χ0v) is 11.0. The smallest absolute Gasteiger partial charge is 0.321 e. The molecule has 0 saturated carbocycles. The number of benzene rings is 1. The third kappa shape index (κ3) is 2.34. The fourth-order valence-corrected chi connectivity index (χ4v) is 2.56. The minimum Gasteiger partial charge on any atom is -0.399 e. The minimum atomic E-state index is -0.145. The molecular weight excluding hydrogens is 258 g/mol. The van der Waals surface area contributed by atoms with E-state index in [0.29, 0.717) is 37.6 Å². The van der Waals surface area contributed by atoms with Crippen LogP contribution in [-0.4, -0.2) is 54.1 Å². The molecule has 106 valence electrons. The lowest BCUT2D eigenvalue weighted by Crippen LogP contribution is -2.54. The Hall–Kier alpha value is -2.44. The molecule has 2 aliphatic heterocycles. The molecule has 20 heavy (non-hydrogen) atoms. The number of nitrogens with zero attached hydrogens (tertiary/aromatic N) is 2. The van der Waals surface area contributed by atoms with E-state index < -0.39 is 0 Å². The van der Waals surface area contributed by atoms with Crippen molar-refractivity contribution in [2.75, 3.05) is 37.2 Å². The van der Waals surface area contributed by atoms with Crippen molar-refractivity contribution in [3.05, 3.63) is 24.3 Å². The number of nitrogens with one attached hydrogen (secondary N) is 2. The molecule has 4 N–H and O–H groups in total. The van der Waals surface area contributed by atoms with Gasteiger partial charge in [0, 0.05) is 37.6 Å². The van der Waals surface area contributed by atoms with Gasteiger partial charge in [0.05, 0.1) is 6.04 Å². The number of carbonyl (C=O) groups excluding carboxylic acids is 2. The predicted molar refractivity (Wildman–Crippen MR) is 75.3 cm³/mol. The first-order chi connectivity index (χ1) is 9.63. The molecule has 1 aromatic carbocycles. The summed E-state index contributed by atoms with van der Waals surface area (Å²) < 4.78 is 0. The summed E-state index contributed by atoms with van der Waals surface area (Å²) in [6.07, 6.45) is 0. The molecule has 2 fully saturated rings. The first kappa shape index (κ1) is 12.6. The highest BCUT2D eigenvalue weighted by atomic mass is 16.2. The van der Waals surface area contributed by atoms with Gasteiger partial charge in [-0.2, -0.15) is 0 Å². The Morgan fingerprint density at radius 2 is 2.05 bits per heavy atom. The van der Waals surface area contributed by atoms with Crippen LogP contribution in [0.1, 0.15) is 0 Å². The molecule has 1 atom stereocenters. The lowest BCUT2D eigenvalue weighted by molar-refractivity contribution is 0.136. The summed E-state index contributed by atoms with van der Waals surface area (Å²) in [5.74, 6) is 0. The average Bonchev–Trinajstić information content (AvgIpc) is 2.82. The molecule has 4 amide bonds. The summed E-state index contributed by atoms with van der Waals surface area (Å²) in [4.78, 5) is 27.2. The van der Waals surface area contributed by atoms with Gasteiger partial charge in [0.25, 0.3) is 0 Å². The molecule has 2 saturated heterocycles. The number of nitrogen functional groups attached to an aromatic ring is 1. The van der Waals surface area contributed by atoms with Crippen LogP contribution in [0.3, 0.4) is 0 Å². The van der Waals surface area contributed by atoms with Crippen molar-refractivity contribution >= 4 is 23.4 Å². The van der Waals surface area contributed by atoms with Crippen LogP contribution in [0.4, 0.5) is 21.0 Å². The molecule has 0 spiro atoms. The fraction of sp³-hybridized carbons (Fsp3) is 0.385. The topological polar surface area (TPSA) is 90.7 Å². The zero-order chi connectivity index (χ0) is 14.1. The van der Waals surface area contributed by atoms with Gasteiger partial charge in [0.15, 0.2) is 0 Å². The van der Waals surface area contributed by atoms with Crippen LogP contribution >= 0.6 is 0 Å². The second-order valence-corrected chi connectivity index (χ2v) is 5.03. The van der Waals surface area contributed by atoms with Crippen molar-refractivity contribution in [3.63, 3.8) is 0 Å². The number of fused-ring (bicyclic) bond motifs is 1. The molecule has 1 aromatic rings. The van der Waals surface area contributed by atoms with Crippen molar-refractivity contribution in [1.82, 2.24) is 15.1 Å². The highest BCUT2D eigenvalue weighted by Crippen LogP contribution is 2.16. The minimum absolute atomic E-state index is 0.0337. The van der Waals surface area contributed by atoms with Crippen molar-refractivity contribution in [3.8, 4) is 0 Å². The number of nitrogens with two attached hydrogens (primary N) is 1. The third-order valence-corrected chi connectivity index (χ3v) is 3.68. The highest BCUT2D eigenvalue weighted by Gasteiger charge is 2.36. The predicted octanol–water partition coefficient (Wildman–Crippen LogP) is 0.510. The summed E-state index contributed by atoms with van der Waals surface area (Å²) in [5, 5.41) is 5.63. The Labute approximate surface area is 116 Å². The number of carbonyl (C=O) groups is 2.